The van der Waals surface area contributed by atoms with E-state index in [0.29, 0.717) is 23.4 Å². The van der Waals surface area contributed by atoms with Crippen LogP contribution in [0.4, 0.5) is 14.5 Å². The van der Waals surface area contributed by atoms with Crippen molar-refractivity contribution in [1.29, 1.82) is 0 Å². The van der Waals surface area contributed by atoms with Crippen molar-refractivity contribution in [1.82, 2.24) is 24.6 Å². The summed E-state index contributed by atoms with van der Waals surface area (Å²) in [5.41, 5.74) is 9.06. The molecule has 1 aliphatic rings. The van der Waals surface area contributed by atoms with Crippen LogP contribution < -0.4 is 5.73 Å². The van der Waals surface area contributed by atoms with Crippen LogP contribution >= 0.6 is 11.3 Å². The first-order chi connectivity index (χ1) is 14.3. The number of nitrogens with two attached hydrogens (primary N) is 1. The first kappa shape index (κ1) is 18.9. The highest BCUT2D eigenvalue weighted by Gasteiger charge is 2.38. The van der Waals surface area contributed by atoms with E-state index in [4.69, 9.17) is 5.73 Å². The SMILES string of the molecule is Cn1cc2cc(-c3ccc4sc(C(=O)N5CCCC(F)(F)C5)c(N)c4n3)cnc2n1. The lowest BCUT2D eigenvalue weighted by Crippen LogP contribution is -2.45. The summed E-state index contributed by atoms with van der Waals surface area (Å²) >= 11 is 1.18. The molecular formula is C20H18F2N6OS. The lowest BCUT2D eigenvalue weighted by molar-refractivity contribution is -0.0559. The van der Waals surface area contributed by atoms with Gasteiger partial charge in [-0.05, 0) is 24.6 Å². The predicted octanol–water partition coefficient (Wildman–Crippen LogP) is 3.70. The van der Waals surface area contributed by atoms with Crippen molar-refractivity contribution in [2.75, 3.05) is 18.8 Å². The average molecular weight is 428 g/mol. The second-order valence-electron chi connectivity index (χ2n) is 7.51. The number of carbonyl (C=O) groups is 1. The summed E-state index contributed by atoms with van der Waals surface area (Å²) < 4.78 is 29.9. The number of anilines is 1. The van der Waals surface area contributed by atoms with Crippen molar-refractivity contribution in [3.8, 4) is 11.3 Å². The van der Waals surface area contributed by atoms with Crippen LogP contribution in [0.3, 0.4) is 0 Å². The molecule has 0 spiro atoms. The number of piperidine rings is 1. The summed E-state index contributed by atoms with van der Waals surface area (Å²) in [6.45, 7) is -0.271. The molecule has 1 aliphatic heterocycles. The molecule has 0 radical (unpaired) electrons. The molecule has 0 aliphatic carbocycles. The van der Waals surface area contributed by atoms with Crippen LogP contribution in [-0.2, 0) is 7.05 Å². The van der Waals surface area contributed by atoms with E-state index in [9.17, 15) is 13.6 Å². The van der Waals surface area contributed by atoms with Crippen molar-refractivity contribution in [3.63, 3.8) is 0 Å². The van der Waals surface area contributed by atoms with E-state index in [0.717, 1.165) is 15.6 Å². The van der Waals surface area contributed by atoms with Gasteiger partial charge < -0.3 is 10.6 Å². The Balaban J connectivity index is 1.52. The smallest absolute Gasteiger partial charge is 0.266 e. The molecule has 0 bridgehead atoms. The zero-order valence-corrected chi connectivity index (χ0v) is 16.9. The lowest BCUT2D eigenvalue weighted by Gasteiger charge is -2.32. The molecule has 10 heteroatoms. The second-order valence-corrected chi connectivity index (χ2v) is 8.57. The molecule has 0 aromatic carbocycles. The topological polar surface area (TPSA) is 89.9 Å². The number of rotatable bonds is 2. The number of aryl methyl sites for hydroxylation is 1. The molecule has 0 atom stereocenters. The van der Waals surface area contributed by atoms with E-state index in [1.165, 1.54) is 16.2 Å². The van der Waals surface area contributed by atoms with Gasteiger partial charge in [0.15, 0.2) is 5.65 Å². The number of halogens is 2. The number of hydrogen-bond acceptors (Lipinski definition) is 6. The molecule has 0 unspecified atom stereocenters. The molecule has 30 heavy (non-hydrogen) atoms. The summed E-state index contributed by atoms with van der Waals surface area (Å²) in [6.07, 6.45) is 3.64. The van der Waals surface area contributed by atoms with Gasteiger partial charge in [-0.15, -0.1) is 11.3 Å². The Morgan fingerprint density at radius 3 is 2.97 bits per heavy atom. The van der Waals surface area contributed by atoms with Gasteiger partial charge in [0.25, 0.3) is 11.8 Å². The van der Waals surface area contributed by atoms with Gasteiger partial charge in [0.1, 0.15) is 10.4 Å². The third kappa shape index (κ3) is 3.17. The Kier molecular flexibility index (Phi) is 4.21. The van der Waals surface area contributed by atoms with Crippen LogP contribution in [0.2, 0.25) is 0 Å². The number of fused-ring (bicyclic) bond motifs is 2. The van der Waals surface area contributed by atoms with Crippen molar-refractivity contribution < 1.29 is 13.6 Å². The highest BCUT2D eigenvalue weighted by molar-refractivity contribution is 7.21. The third-order valence-electron chi connectivity index (χ3n) is 5.21. The number of thiophene rings is 1. The van der Waals surface area contributed by atoms with Gasteiger partial charge in [0, 0.05) is 43.4 Å². The Labute approximate surface area is 174 Å². The van der Waals surface area contributed by atoms with Gasteiger partial charge in [-0.25, -0.2) is 18.7 Å². The van der Waals surface area contributed by atoms with E-state index in [2.05, 4.69) is 15.1 Å². The quantitative estimate of drug-likeness (QED) is 0.526. The van der Waals surface area contributed by atoms with Crippen LogP contribution in [0, 0.1) is 0 Å². The minimum atomic E-state index is -2.86. The monoisotopic (exact) mass is 428 g/mol. The van der Waals surface area contributed by atoms with Gasteiger partial charge in [0.05, 0.1) is 22.6 Å². The number of nitrogen functional groups attached to an aromatic ring is 1. The maximum atomic E-state index is 13.7. The van der Waals surface area contributed by atoms with E-state index in [1.807, 2.05) is 31.4 Å². The van der Waals surface area contributed by atoms with Crippen LogP contribution in [0.1, 0.15) is 22.5 Å². The number of likely N-dealkylation sites (tertiary alicyclic amines) is 1. The van der Waals surface area contributed by atoms with Crippen molar-refractivity contribution in [2.24, 2.45) is 7.05 Å². The standard InChI is InChI=1S/C20H18F2N6OS/c1-27-9-12-7-11(8-24-18(12)26-27)13-3-4-14-16(25-13)15(23)17(30-14)19(29)28-6-2-5-20(21,22)10-28/h3-4,7-9H,2,5-6,10,23H2,1H3. The first-order valence-corrected chi connectivity index (χ1v) is 10.3. The summed E-state index contributed by atoms with van der Waals surface area (Å²) in [4.78, 5) is 23.3. The predicted molar refractivity (Wildman–Crippen MR) is 112 cm³/mol. The molecule has 1 amide bonds. The fraction of sp³-hybridized carbons (Fsp3) is 0.300. The van der Waals surface area contributed by atoms with Gasteiger partial charge in [0.2, 0.25) is 0 Å². The largest absolute Gasteiger partial charge is 0.396 e. The maximum absolute atomic E-state index is 13.7. The second kappa shape index (κ2) is 6.69. The Hall–Kier alpha value is -3.14. The molecule has 1 saturated heterocycles. The molecule has 4 aromatic heterocycles. The van der Waals surface area contributed by atoms with E-state index < -0.39 is 18.4 Å². The number of amides is 1. The number of pyridine rings is 2. The van der Waals surface area contributed by atoms with Gasteiger partial charge in [-0.2, -0.15) is 5.10 Å². The summed E-state index contributed by atoms with van der Waals surface area (Å²) in [5, 5.41) is 5.15. The van der Waals surface area contributed by atoms with Crippen LogP contribution in [0.25, 0.3) is 32.5 Å². The zero-order chi connectivity index (χ0) is 21.0. The molecule has 5 heterocycles. The van der Waals surface area contributed by atoms with Crippen LogP contribution in [-0.4, -0.2) is 49.6 Å². The summed E-state index contributed by atoms with van der Waals surface area (Å²) in [5.74, 6) is -3.32. The zero-order valence-electron chi connectivity index (χ0n) is 16.1. The number of alkyl halides is 2. The highest BCUT2D eigenvalue weighted by Crippen LogP contribution is 2.36. The normalized spacial score (nSPS) is 16.4. The van der Waals surface area contributed by atoms with Crippen molar-refractivity contribution >= 4 is 44.2 Å². The average Bonchev–Trinajstić information content (AvgIpc) is 3.24. The molecular weight excluding hydrogens is 410 g/mol. The fourth-order valence-corrected chi connectivity index (χ4v) is 4.80. The number of nitrogens with zero attached hydrogens (tertiary/aromatic N) is 5. The van der Waals surface area contributed by atoms with E-state index in [-0.39, 0.29) is 23.4 Å². The van der Waals surface area contributed by atoms with Gasteiger partial charge in [-0.1, -0.05) is 0 Å². The summed E-state index contributed by atoms with van der Waals surface area (Å²) in [6, 6.07) is 5.61. The molecule has 5 rings (SSSR count). The molecule has 2 N–H and O–H groups in total. The maximum Gasteiger partial charge on any atom is 0.266 e. The van der Waals surface area contributed by atoms with Gasteiger partial charge >= 0.3 is 0 Å². The lowest BCUT2D eigenvalue weighted by atomic mass is 10.1. The van der Waals surface area contributed by atoms with Crippen molar-refractivity contribution in [2.45, 2.75) is 18.8 Å². The molecule has 7 nitrogen and oxygen atoms in total. The van der Waals surface area contributed by atoms with Gasteiger partial charge in [-0.3, -0.25) is 9.48 Å². The van der Waals surface area contributed by atoms with E-state index in [1.54, 1.807) is 10.9 Å². The van der Waals surface area contributed by atoms with E-state index >= 15 is 0 Å². The Bertz CT molecular complexity index is 1300. The van der Waals surface area contributed by atoms with Crippen LogP contribution in [0.15, 0.2) is 30.6 Å². The highest BCUT2D eigenvalue weighted by atomic mass is 32.1. The first-order valence-electron chi connectivity index (χ1n) is 9.47. The molecule has 4 aromatic rings. The van der Waals surface area contributed by atoms with Crippen LogP contribution in [0.5, 0.6) is 0 Å². The molecule has 1 fully saturated rings. The third-order valence-corrected chi connectivity index (χ3v) is 6.36. The summed E-state index contributed by atoms with van der Waals surface area (Å²) in [7, 11) is 1.83. The van der Waals surface area contributed by atoms with Crippen molar-refractivity contribution in [3.05, 3.63) is 35.5 Å². The minimum Gasteiger partial charge on any atom is -0.396 e. The minimum absolute atomic E-state index is 0.196. The number of carbonyl (C=O) groups excluding carboxylic acids is 1. The molecule has 0 saturated carbocycles. The Morgan fingerprint density at radius 2 is 2.17 bits per heavy atom. The molecule has 154 valence electrons. The number of hydrogen-bond donors (Lipinski definition) is 1. The Morgan fingerprint density at radius 1 is 1.33 bits per heavy atom. The fourth-order valence-electron chi connectivity index (χ4n) is 3.77. The number of aromatic nitrogens is 4.